The lowest BCUT2D eigenvalue weighted by Gasteiger charge is -2.20. The highest BCUT2D eigenvalue weighted by atomic mass is 32.1. The van der Waals surface area contributed by atoms with E-state index in [9.17, 15) is 0 Å². The molecule has 0 aliphatic carbocycles. The molecule has 1 aromatic heterocycles. The molecule has 0 spiro atoms. The van der Waals surface area contributed by atoms with Crippen molar-refractivity contribution < 1.29 is 0 Å². The first kappa shape index (κ1) is 12.8. The van der Waals surface area contributed by atoms with Gasteiger partial charge in [0, 0.05) is 30.7 Å². The van der Waals surface area contributed by atoms with Gasteiger partial charge in [0.1, 0.15) is 0 Å². The Morgan fingerprint density at radius 3 is 3.16 bits per heavy atom. The van der Waals surface area contributed by atoms with Crippen LogP contribution in [0.4, 0.5) is 0 Å². The lowest BCUT2D eigenvalue weighted by molar-refractivity contribution is 0.627. The van der Waals surface area contributed by atoms with Crippen LogP contribution in [0, 0.1) is 6.92 Å². The first-order valence-corrected chi connectivity index (χ1v) is 7.57. The zero-order valence-electron chi connectivity index (χ0n) is 11.2. The third kappa shape index (κ3) is 3.03. The number of aryl methyl sites for hydroxylation is 1. The summed E-state index contributed by atoms with van der Waals surface area (Å²) in [5, 5.41) is 8.10. The van der Waals surface area contributed by atoms with Crippen molar-refractivity contribution in [2.24, 2.45) is 0 Å². The molecule has 1 aliphatic heterocycles. The molecule has 4 heteroatoms. The molecule has 0 saturated heterocycles. The van der Waals surface area contributed by atoms with Gasteiger partial charge in [0.15, 0.2) is 0 Å². The number of thiazole rings is 1. The van der Waals surface area contributed by atoms with Gasteiger partial charge in [0.25, 0.3) is 0 Å². The molecule has 0 radical (unpaired) electrons. The van der Waals surface area contributed by atoms with E-state index in [0.29, 0.717) is 0 Å². The van der Waals surface area contributed by atoms with Crippen molar-refractivity contribution >= 4 is 11.3 Å². The summed E-state index contributed by atoms with van der Waals surface area (Å²) in [5.41, 5.74) is 4.44. The molecular formula is C15H19N3S. The second kappa shape index (κ2) is 5.82. The van der Waals surface area contributed by atoms with Crippen LogP contribution >= 0.6 is 11.3 Å². The first-order chi connectivity index (χ1) is 9.33. The summed E-state index contributed by atoms with van der Waals surface area (Å²) in [6, 6.07) is 6.65. The third-order valence-corrected chi connectivity index (χ3v) is 4.43. The molecule has 100 valence electrons. The van der Waals surface area contributed by atoms with Crippen LogP contribution in [0.5, 0.6) is 0 Å². The lowest BCUT2D eigenvalue weighted by Crippen LogP contribution is -2.25. The van der Waals surface area contributed by atoms with Crippen molar-refractivity contribution in [3.63, 3.8) is 0 Å². The summed E-state index contributed by atoms with van der Waals surface area (Å²) in [4.78, 5) is 5.59. The number of hydrogen-bond acceptors (Lipinski definition) is 4. The fraction of sp³-hybridized carbons (Fsp3) is 0.400. The van der Waals surface area contributed by atoms with Crippen LogP contribution in [0.1, 0.15) is 26.6 Å². The van der Waals surface area contributed by atoms with E-state index in [-0.39, 0.29) is 0 Å². The molecule has 0 atom stereocenters. The summed E-state index contributed by atoms with van der Waals surface area (Å²) < 4.78 is 0. The Kier molecular flexibility index (Phi) is 3.92. The van der Waals surface area contributed by atoms with E-state index in [4.69, 9.17) is 0 Å². The Morgan fingerprint density at radius 2 is 2.32 bits per heavy atom. The maximum atomic E-state index is 4.28. The number of fused-ring (bicyclic) bond motifs is 1. The Labute approximate surface area is 118 Å². The van der Waals surface area contributed by atoms with Crippen molar-refractivity contribution in [2.75, 3.05) is 6.54 Å². The van der Waals surface area contributed by atoms with Crippen LogP contribution in [0.15, 0.2) is 24.4 Å². The van der Waals surface area contributed by atoms with Crippen molar-refractivity contribution in [2.45, 2.75) is 33.0 Å². The van der Waals surface area contributed by atoms with E-state index >= 15 is 0 Å². The van der Waals surface area contributed by atoms with Gasteiger partial charge in [-0.2, -0.15) is 0 Å². The van der Waals surface area contributed by atoms with Crippen LogP contribution in [-0.2, 0) is 26.1 Å². The number of rotatable bonds is 4. The standard InChI is InChI=1S/C15H19N3S/c1-11-18-10-14(19-11)9-17-8-13-4-2-3-12-7-16-6-5-15(12)13/h2-4,10,16-17H,5-9H2,1H3. The zero-order chi connectivity index (χ0) is 13.1. The number of hydrogen-bond donors (Lipinski definition) is 2. The molecule has 0 fully saturated rings. The number of nitrogens with one attached hydrogen (secondary N) is 2. The molecule has 3 nitrogen and oxygen atoms in total. The van der Waals surface area contributed by atoms with Crippen LogP contribution in [0.25, 0.3) is 0 Å². The van der Waals surface area contributed by atoms with Crippen molar-refractivity contribution in [3.05, 3.63) is 51.0 Å². The summed E-state index contributed by atoms with van der Waals surface area (Å²) in [6.07, 6.45) is 3.12. The van der Waals surface area contributed by atoms with Gasteiger partial charge in [-0.15, -0.1) is 11.3 Å². The maximum Gasteiger partial charge on any atom is 0.0897 e. The van der Waals surface area contributed by atoms with Crippen LogP contribution in [0.3, 0.4) is 0 Å². The quantitative estimate of drug-likeness (QED) is 0.898. The Morgan fingerprint density at radius 1 is 1.37 bits per heavy atom. The second-order valence-corrected chi connectivity index (χ2v) is 6.25. The highest BCUT2D eigenvalue weighted by Crippen LogP contribution is 2.19. The fourth-order valence-corrected chi connectivity index (χ4v) is 3.35. The minimum absolute atomic E-state index is 0.910. The first-order valence-electron chi connectivity index (χ1n) is 6.75. The highest BCUT2D eigenvalue weighted by molar-refractivity contribution is 7.11. The molecule has 19 heavy (non-hydrogen) atoms. The molecule has 0 unspecified atom stereocenters. The van der Waals surface area contributed by atoms with Crippen molar-refractivity contribution in [1.29, 1.82) is 0 Å². The van der Waals surface area contributed by atoms with Gasteiger partial charge in [-0.25, -0.2) is 4.98 Å². The Hall–Kier alpha value is -1.23. The van der Waals surface area contributed by atoms with E-state index in [1.165, 1.54) is 21.6 Å². The minimum atomic E-state index is 0.910. The summed E-state index contributed by atoms with van der Waals surface area (Å²) in [6.45, 7) is 6.01. The molecule has 1 aromatic carbocycles. The fourth-order valence-electron chi connectivity index (χ4n) is 2.58. The van der Waals surface area contributed by atoms with Crippen molar-refractivity contribution in [1.82, 2.24) is 15.6 Å². The van der Waals surface area contributed by atoms with Crippen molar-refractivity contribution in [3.8, 4) is 0 Å². The largest absolute Gasteiger partial charge is 0.312 e. The van der Waals surface area contributed by atoms with Crippen LogP contribution in [-0.4, -0.2) is 11.5 Å². The average Bonchev–Trinajstić information content (AvgIpc) is 2.85. The van der Waals surface area contributed by atoms with Gasteiger partial charge in [0.05, 0.1) is 5.01 Å². The third-order valence-electron chi connectivity index (χ3n) is 3.52. The predicted molar refractivity (Wildman–Crippen MR) is 79.2 cm³/mol. The van der Waals surface area contributed by atoms with Gasteiger partial charge < -0.3 is 10.6 Å². The van der Waals surface area contributed by atoms with E-state index in [2.05, 4.69) is 40.7 Å². The van der Waals surface area contributed by atoms with Gasteiger partial charge in [-0.1, -0.05) is 18.2 Å². The predicted octanol–water partition coefficient (Wildman–Crippen LogP) is 2.39. The summed E-state index contributed by atoms with van der Waals surface area (Å²) in [5.74, 6) is 0. The van der Waals surface area contributed by atoms with Crippen LogP contribution < -0.4 is 10.6 Å². The minimum Gasteiger partial charge on any atom is -0.312 e. The number of nitrogens with zero attached hydrogens (tertiary/aromatic N) is 1. The molecular weight excluding hydrogens is 254 g/mol. The average molecular weight is 273 g/mol. The van der Waals surface area contributed by atoms with Gasteiger partial charge in [-0.3, -0.25) is 0 Å². The SMILES string of the molecule is Cc1ncc(CNCc2cccc3c2CCNC3)s1. The molecule has 0 amide bonds. The topological polar surface area (TPSA) is 37.0 Å². The van der Waals surface area contributed by atoms with E-state index in [1.54, 1.807) is 11.3 Å². The molecule has 2 aromatic rings. The Bertz CT molecular complexity index is 562. The summed E-state index contributed by atoms with van der Waals surface area (Å²) >= 11 is 1.77. The molecule has 3 rings (SSSR count). The van der Waals surface area contributed by atoms with Crippen LogP contribution in [0.2, 0.25) is 0 Å². The maximum absolute atomic E-state index is 4.28. The number of aromatic nitrogens is 1. The van der Waals surface area contributed by atoms with Gasteiger partial charge in [0.2, 0.25) is 0 Å². The number of benzene rings is 1. The molecule has 0 saturated carbocycles. The smallest absolute Gasteiger partial charge is 0.0897 e. The monoisotopic (exact) mass is 273 g/mol. The molecule has 2 N–H and O–H groups in total. The second-order valence-electron chi connectivity index (χ2n) is 4.93. The van der Waals surface area contributed by atoms with Gasteiger partial charge in [-0.05, 0) is 36.6 Å². The molecule has 1 aliphatic rings. The zero-order valence-corrected chi connectivity index (χ0v) is 12.0. The Balaban J connectivity index is 1.64. The van der Waals surface area contributed by atoms with Gasteiger partial charge >= 0.3 is 0 Å². The molecule has 2 heterocycles. The molecule has 0 bridgehead atoms. The van der Waals surface area contributed by atoms with E-state index < -0.39 is 0 Å². The normalized spacial score (nSPS) is 14.4. The highest BCUT2D eigenvalue weighted by Gasteiger charge is 2.11. The van der Waals surface area contributed by atoms with E-state index in [0.717, 1.165) is 37.6 Å². The summed E-state index contributed by atoms with van der Waals surface area (Å²) in [7, 11) is 0. The van der Waals surface area contributed by atoms with E-state index in [1.807, 2.05) is 6.20 Å². The lowest BCUT2D eigenvalue weighted by atomic mass is 9.95.